The maximum absolute atomic E-state index is 13.1. The average molecular weight is 360 g/mol. The number of carbonyl (C=O) groups is 1. The third kappa shape index (κ3) is 2.70. The van der Waals surface area contributed by atoms with Gasteiger partial charge >= 0.3 is 0 Å². The van der Waals surface area contributed by atoms with Crippen LogP contribution in [-0.2, 0) is 6.61 Å². The largest absolute Gasteiger partial charge is 0.488 e. The highest BCUT2D eigenvalue weighted by Crippen LogP contribution is 2.40. The fourth-order valence-electron chi connectivity index (χ4n) is 4.01. The van der Waals surface area contributed by atoms with Crippen LogP contribution in [0.4, 0.5) is 0 Å². The number of rotatable bonds is 2. The number of aromatic nitrogens is 1. The van der Waals surface area contributed by atoms with Crippen molar-refractivity contribution in [3.8, 4) is 17.1 Å². The van der Waals surface area contributed by atoms with Crippen LogP contribution in [0.15, 0.2) is 53.1 Å². The van der Waals surface area contributed by atoms with Gasteiger partial charge < -0.3 is 14.2 Å². The first kappa shape index (κ1) is 16.1. The van der Waals surface area contributed by atoms with Crippen LogP contribution in [0.2, 0.25) is 0 Å². The number of hydrogen-bond donors (Lipinski definition) is 0. The van der Waals surface area contributed by atoms with E-state index in [9.17, 15) is 4.79 Å². The van der Waals surface area contributed by atoms with Gasteiger partial charge in [-0.3, -0.25) is 4.79 Å². The van der Waals surface area contributed by atoms with Gasteiger partial charge in [0, 0.05) is 19.0 Å². The van der Waals surface area contributed by atoms with Gasteiger partial charge in [-0.15, -0.1) is 0 Å². The number of carbonyl (C=O) groups excluding carboxylic acids is 1. The lowest BCUT2D eigenvalue weighted by molar-refractivity contribution is 0.0778. The van der Waals surface area contributed by atoms with Gasteiger partial charge in [-0.2, -0.15) is 0 Å². The summed E-state index contributed by atoms with van der Waals surface area (Å²) in [6.07, 6.45) is 0.967. The summed E-state index contributed by atoms with van der Waals surface area (Å²) in [5.41, 5.74) is 4.39. The summed E-state index contributed by atoms with van der Waals surface area (Å²) in [6.45, 7) is 3.77. The Morgan fingerprint density at radius 1 is 1.19 bits per heavy atom. The maximum Gasteiger partial charge on any atom is 0.276 e. The molecule has 2 aromatic carbocycles. The van der Waals surface area contributed by atoms with Crippen LogP contribution >= 0.6 is 0 Å². The van der Waals surface area contributed by atoms with Crippen LogP contribution in [0.5, 0.6) is 5.75 Å². The molecule has 1 saturated heterocycles. The fraction of sp³-hybridized carbons (Fsp3) is 0.273. The number of fused-ring (bicyclic) bond motifs is 3. The SMILES string of the molecule is Cc1ccc2c(c1)-c1onc(C(=O)N3CC[C@H](c4ccccc4)C3)c1CO2. The van der Waals surface area contributed by atoms with Crippen molar-refractivity contribution < 1.29 is 14.1 Å². The van der Waals surface area contributed by atoms with Crippen LogP contribution in [0.25, 0.3) is 11.3 Å². The number of aryl methyl sites for hydroxylation is 1. The van der Waals surface area contributed by atoms with Crippen molar-refractivity contribution in [2.75, 3.05) is 13.1 Å². The molecule has 5 heteroatoms. The zero-order valence-corrected chi connectivity index (χ0v) is 15.1. The van der Waals surface area contributed by atoms with Crippen molar-refractivity contribution in [1.29, 1.82) is 0 Å². The van der Waals surface area contributed by atoms with Crippen LogP contribution in [0.1, 0.15) is 39.5 Å². The van der Waals surface area contributed by atoms with Gasteiger partial charge in [0.25, 0.3) is 5.91 Å². The number of hydrogen-bond acceptors (Lipinski definition) is 4. The molecule has 0 spiro atoms. The number of amides is 1. The van der Waals surface area contributed by atoms with Gasteiger partial charge in [0.1, 0.15) is 12.4 Å². The molecule has 5 nitrogen and oxygen atoms in total. The minimum absolute atomic E-state index is 0.0712. The number of nitrogens with zero attached hydrogens (tertiary/aromatic N) is 2. The van der Waals surface area contributed by atoms with Crippen molar-refractivity contribution in [2.45, 2.75) is 25.9 Å². The van der Waals surface area contributed by atoms with E-state index in [1.807, 2.05) is 48.2 Å². The summed E-state index contributed by atoms with van der Waals surface area (Å²) in [4.78, 5) is 15.0. The molecule has 1 atom stereocenters. The second kappa shape index (κ2) is 6.27. The van der Waals surface area contributed by atoms with E-state index in [-0.39, 0.29) is 5.91 Å². The summed E-state index contributed by atoms with van der Waals surface area (Å²) in [6, 6.07) is 16.3. The van der Waals surface area contributed by atoms with Crippen LogP contribution in [-0.4, -0.2) is 29.1 Å². The fourth-order valence-corrected chi connectivity index (χ4v) is 4.01. The standard InChI is InChI=1S/C22H20N2O3/c1-14-7-8-19-17(11-14)21-18(13-26-19)20(23-27-21)22(25)24-10-9-16(12-24)15-5-3-2-4-6-15/h2-8,11,16H,9-10,12-13H2,1H3/t16-/m0/s1. The molecule has 5 rings (SSSR count). The second-order valence-electron chi connectivity index (χ2n) is 7.27. The molecule has 3 heterocycles. The summed E-state index contributed by atoms with van der Waals surface area (Å²) >= 11 is 0. The van der Waals surface area contributed by atoms with E-state index in [0.717, 1.165) is 35.4 Å². The highest BCUT2D eigenvalue weighted by Gasteiger charge is 2.34. The topological polar surface area (TPSA) is 55.6 Å². The predicted octanol–water partition coefficient (Wildman–Crippen LogP) is 4.17. The van der Waals surface area contributed by atoms with Crippen molar-refractivity contribution in [3.63, 3.8) is 0 Å². The minimum Gasteiger partial charge on any atom is -0.488 e. The first-order chi connectivity index (χ1) is 13.2. The summed E-state index contributed by atoms with van der Waals surface area (Å²) < 4.78 is 11.4. The van der Waals surface area contributed by atoms with Gasteiger partial charge in [0.15, 0.2) is 11.5 Å². The number of benzene rings is 2. The summed E-state index contributed by atoms with van der Waals surface area (Å²) in [5, 5.41) is 4.12. The lowest BCUT2D eigenvalue weighted by Crippen LogP contribution is -2.29. The average Bonchev–Trinajstić information content (AvgIpc) is 3.36. The number of ether oxygens (including phenoxy) is 1. The third-order valence-electron chi connectivity index (χ3n) is 5.49. The molecule has 0 unspecified atom stereocenters. The Morgan fingerprint density at radius 2 is 2.04 bits per heavy atom. The molecule has 1 amide bonds. The molecule has 3 aromatic rings. The molecular weight excluding hydrogens is 340 g/mol. The number of likely N-dealkylation sites (tertiary alicyclic amines) is 1. The Kier molecular flexibility index (Phi) is 3.74. The molecule has 0 bridgehead atoms. The van der Waals surface area contributed by atoms with E-state index in [0.29, 0.717) is 30.5 Å². The van der Waals surface area contributed by atoms with E-state index >= 15 is 0 Å². The third-order valence-corrected chi connectivity index (χ3v) is 5.49. The van der Waals surface area contributed by atoms with E-state index in [2.05, 4.69) is 17.3 Å². The molecule has 136 valence electrons. The lowest BCUT2D eigenvalue weighted by Gasteiger charge is -2.19. The van der Waals surface area contributed by atoms with Crippen LogP contribution in [0.3, 0.4) is 0 Å². The van der Waals surface area contributed by atoms with Gasteiger partial charge in [-0.25, -0.2) is 0 Å². The first-order valence-electron chi connectivity index (χ1n) is 9.27. The van der Waals surface area contributed by atoms with Crippen molar-refractivity contribution >= 4 is 5.91 Å². The first-order valence-corrected chi connectivity index (χ1v) is 9.27. The Hall–Kier alpha value is -3.08. The molecule has 1 fully saturated rings. The van der Waals surface area contributed by atoms with Crippen LogP contribution < -0.4 is 4.74 Å². The Morgan fingerprint density at radius 3 is 2.89 bits per heavy atom. The van der Waals surface area contributed by atoms with Crippen molar-refractivity contribution in [2.24, 2.45) is 0 Å². The molecule has 1 aromatic heterocycles. The monoisotopic (exact) mass is 360 g/mol. The predicted molar refractivity (Wildman–Crippen MR) is 101 cm³/mol. The molecule has 0 saturated carbocycles. The van der Waals surface area contributed by atoms with Gasteiger partial charge in [-0.05, 0) is 31.0 Å². The molecule has 2 aliphatic heterocycles. The highest BCUT2D eigenvalue weighted by molar-refractivity contribution is 5.96. The smallest absolute Gasteiger partial charge is 0.276 e. The van der Waals surface area contributed by atoms with Gasteiger partial charge in [-0.1, -0.05) is 47.1 Å². The maximum atomic E-state index is 13.1. The highest BCUT2D eigenvalue weighted by atomic mass is 16.5. The quantitative estimate of drug-likeness (QED) is 0.688. The zero-order chi connectivity index (χ0) is 18.4. The Bertz CT molecular complexity index is 1010. The summed E-state index contributed by atoms with van der Waals surface area (Å²) in [5.74, 6) is 1.73. The van der Waals surface area contributed by atoms with E-state index in [1.54, 1.807) is 0 Å². The van der Waals surface area contributed by atoms with Gasteiger partial charge in [0.2, 0.25) is 0 Å². The van der Waals surface area contributed by atoms with E-state index in [4.69, 9.17) is 9.26 Å². The molecule has 0 radical (unpaired) electrons. The Labute approximate surface area is 157 Å². The van der Waals surface area contributed by atoms with Crippen molar-refractivity contribution in [3.05, 3.63) is 70.9 Å². The second-order valence-corrected chi connectivity index (χ2v) is 7.27. The van der Waals surface area contributed by atoms with Crippen LogP contribution in [0, 0.1) is 6.92 Å². The molecule has 2 aliphatic rings. The molecule has 0 aliphatic carbocycles. The molecular formula is C22H20N2O3. The van der Waals surface area contributed by atoms with E-state index < -0.39 is 0 Å². The zero-order valence-electron chi connectivity index (χ0n) is 15.1. The van der Waals surface area contributed by atoms with E-state index in [1.165, 1.54) is 5.56 Å². The summed E-state index contributed by atoms with van der Waals surface area (Å²) in [7, 11) is 0. The van der Waals surface area contributed by atoms with Crippen molar-refractivity contribution in [1.82, 2.24) is 10.1 Å². The minimum atomic E-state index is -0.0712. The Balaban J connectivity index is 1.41. The normalized spacial score (nSPS) is 18.0. The van der Waals surface area contributed by atoms with Gasteiger partial charge in [0.05, 0.1) is 11.1 Å². The lowest BCUT2D eigenvalue weighted by atomic mass is 9.99. The molecule has 27 heavy (non-hydrogen) atoms. The molecule has 0 N–H and O–H groups in total.